The topological polar surface area (TPSA) is 29.9 Å². The predicted octanol–water partition coefficient (Wildman–Crippen LogP) is 3.53. The Labute approximate surface area is 121 Å². The minimum absolute atomic E-state index is 0.217. The van der Waals surface area contributed by atoms with Gasteiger partial charge in [0.1, 0.15) is 11.6 Å². The molecule has 1 aromatic carbocycles. The number of nitrogens with one attached hydrogen (secondary N) is 1. The zero-order chi connectivity index (χ0) is 14.7. The molecule has 1 unspecified atom stereocenters. The van der Waals surface area contributed by atoms with E-state index in [1.54, 1.807) is 10.9 Å². The third-order valence-corrected chi connectivity index (χ3v) is 3.36. The second-order valence-corrected chi connectivity index (χ2v) is 4.82. The van der Waals surface area contributed by atoms with Crippen molar-refractivity contribution < 1.29 is 8.78 Å². The molecule has 0 aliphatic carbocycles. The lowest BCUT2D eigenvalue weighted by atomic mass is 10.0. The summed E-state index contributed by atoms with van der Waals surface area (Å²) in [4.78, 5) is 0. The average molecular weight is 300 g/mol. The van der Waals surface area contributed by atoms with E-state index in [2.05, 4.69) is 10.4 Å². The number of nitrogens with zero attached hydrogens (tertiary/aromatic N) is 2. The number of aryl methyl sites for hydroxylation is 1. The van der Waals surface area contributed by atoms with Crippen LogP contribution >= 0.6 is 11.6 Å². The zero-order valence-electron chi connectivity index (χ0n) is 11.3. The van der Waals surface area contributed by atoms with Crippen molar-refractivity contribution >= 4 is 11.6 Å². The van der Waals surface area contributed by atoms with Crippen LogP contribution in [0.1, 0.15) is 31.0 Å². The van der Waals surface area contributed by atoms with Crippen LogP contribution in [0, 0.1) is 11.6 Å². The molecule has 3 nitrogen and oxygen atoms in total. The van der Waals surface area contributed by atoms with Crippen LogP contribution in [0.5, 0.6) is 0 Å². The van der Waals surface area contributed by atoms with Crippen molar-refractivity contribution in [3.63, 3.8) is 0 Å². The van der Waals surface area contributed by atoms with Gasteiger partial charge in [0.25, 0.3) is 0 Å². The Kier molecular flexibility index (Phi) is 4.73. The van der Waals surface area contributed by atoms with Gasteiger partial charge < -0.3 is 5.32 Å². The summed E-state index contributed by atoms with van der Waals surface area (Å²) in [5, 5.41) is 7.09. The van der Waals surface area contributed by atoms with Crippen LogP contribution in [0.25, 0.3) is 0 Å². The van der Waals surface area contributed by atoms with E-state index in [0.717, 1.165) is 24.2 Å². The van der Waals surface area contributed by atoms with Gasteiger partial charge in [0.2, 0.25) is 0 Å². The maximum Gasteiger partial charge on any atom is 0.142 e. The average Bonchev–Trinajstić information content (AvgIpc) is 2.89. The van der Waals surface area contributed by atoms with Crippen molar-refractivity contribution in [1.29, 1.82) is 0 Å². The number of hydrogen-bond acceptors (Lipinski definition) is 2. The minimum Gasteiger partial charge on any atom is -0.306 e. The van der Waals surface area contributed by atoms with Gasteiger partial charge in [-0.3, -0.25) is 4.68 Å². The van der Waals surface area contributed by atoms with Gasteiger partial charge in [-0.2, -0.15) is 5.10 Å². The fourth-order valence-corrected chi connectivity index (χ4v) is 2.22. The first-order chi connectivity index (χ1) is 9.56. The summed E-state index contributed by atoms with van der Waals surface area (Å²) in [6, 6.07) is 1.68. The molecule has 0 fully saturated rings. The van der Waals surface area contributed by atoms with Crippen molar-refractivity contribution in [2.75, 3.05) is 6.54 Å². The highest BCUT2D eigenvalue weighted by molar-refractivity contribution is 6.30. The van der Waals surface area contributed by atoms with Crippen LogP contribution in [0.2, 0.25) is 5.02 Å². The first-order valence-electron chi connectivity index (χ1n) is 6.47. The molecular formula is C14H16ClF2N3. The molecule has 0 radical (unpaired) electrons. The van der Waals surface area contributed by atoms with Crippen LogP contribution < -0.4 is 5.32 Å². The Morgan fingerprint density at radius 2 is 2.05 bits per heavy atom. The monoisotopic (exact) mass is 299 g/mol. The van der Waals surface area contributed by atoms with Crippen molar-refractivity contribution in [1.82, 2.24) is 15.1 Å². The maximum absolute atomic E-state index is 14.1. The van der Waals surface area contributed by atoms with Crippen LogP contribution in [0.3, 0.4) is 0 Å². The highest BCUT2D eigenvalue weighted by Gasteiger charge is 2.20. The Morgan fingerprint density at radius 1 is 1.30 bits per heavy atom. The highest BCUT2D eigenvalue weighted by Crippen LogP contribution is 2.28. The first kappa shape index (κ1) is 14.9. The van der Waals surface area contributed by atoms with Crippen molar-refractivity contribution in [2.45, 2.75) is 26.4 Å². The quantitative estimate of drug-likeness (QED) is 0.856. The molecule has 1 atom stereocenters. The first-order valence-corrected chi connectivity index (χ1v) is 6.84. The summed E-state index contributed by atoms with van der Waals surface area (Å²) < 4.78 is 29.4. The van der Waals surface area contributed by atoms with E-state index >= 15 is 0 Å². The van der Waals surface area contributed by atoms with E-state index in [0.29, 0.717) is 6.54 Å². The van der Waals surface area contributed by atoms with E-state index < -0.39 is 17.7 Å². The third-order valence-electron chi connectivity index (χ3n) is 3.07. The minimum atomic E-state index is -0.631. The summed E-state index contributed by atoms with van der Waals surface area (Å²) in [6.45, 7) is 5.20. The van der Waals surface area contributed by atoms with Crippen molar-refractivity contribution in [3.8, 4) is 0 Å². The number of halogens is 3. The molecule has 1 aromatic heterocycles. The van der Waals surface area contributed by atoms with Crippen LogP contribution in [0.4, 0.5) is 8.78 Å². The second-order valence-electron chi connectivity index (χ2n) is 4.41. The molecule has 0 amide bonds. The molecule has 20 heavy (non-hydrogen) atoms. The SMILES string of the molecule is CCNC(c1cnn(CC)c1)c1cc(F)c(Cl)cc1F. The molecule has 2 rings (SSSR count). The summed E-state index contributed by atoms with van der Waals surface area (Å²) in [7, 11) is 0. The lowest BCUT2D eigenvalue weighted by Crippen LogP contribution is -2.23. The van der Waals surface area contributed by atoms with E-state index in [4.69, 9.17) is 11.6 Å². The fraction of sp³-hybridized carbons (Fsp3) is 0.357. The van der Waals surface area contributed by atoms with Gasteiger partial charge in [0.05, 0.1) is 17.3 Å². The molecule has 2 aromatic rings. The van der Waals surface area contributed by atoms with Crippen LogP contribution in [0.15, 0.2) is 24.5 Å². The Balaban J connectivity index is 2.45. The van der Waals surface area contributed by atoms with E-state index in [1.165, 1.54) is 0 Å². The normalized spacial score (nSPS) is 12.7. The molecule has 0 spiro atoms. The molecule has 6 heteroatoms. The van der Waals surface area contributed by atoms with Gasteiger partial charge in [0.15, 0.2) is 0 Å². The third kappa shape index (κ3) is 2.99. The van der Waals surface area contributed by atoms with E-state index in [9.17, 15) is 8.78 Å². The molecule has 0 saturated carbocycles. The summed E-state index contributed by atoms with van der Waals surface area (Å²) in [6.07, 6.45) is 3.47. The van der Waals surface area contributed by atoms with Crippen LogP contribution in [-0.2, 0) is 6.54 Å². The Hall–Kier alpha value is -1.46. The van der Waals surface area contributed by atoms with Gasteiger partial charge >= 0.3 is 0 Å². The zero-order valence-corrected chi connectivity index (χ0v) is 12.1. The predicted molar refractivity (Wildman–Crippen MR) is 74.8 cm³/mol. The van der Waals surface area contributed by atoms with Gasteiger partial charge in [-0.1, -0.05) is 18.5 Å². The molecule has 0 aliphatic rings. The van der Waals surface area contributed by atoms with Gasteiger partial charge in [-0.25, -0.2) is 8.78 Å². The smallest absolute Gasteiger partial charge is 0.142 e. The number of rotatable bonds is 5. The molecule has 108 valence electrons. The van der Waals surface area contributed by atoms with Gasteiger partial charge in [-0.05, 0) is 25.6 Å². The molecule has 0 aliphatic heterocycles. The maximum atomic E-state index is 14.1. The lowest BCUT2D eigenvalue weighted by Gasteiger charge is -2.18. The second kappa shape index (κ2) is 6.33. The molecule has 1 N–H and O–H groups in total. The van der Waals surface area contributed by atoms with Crippen LogP contribution in [-0.4, -0.2) is 16.3 Å². The van der Waals surface area contributed by atoms with Crippen molar-refractivity contribution in [2.24, 2.45) is 0 Å². The highest BCUT2D eigenvalue weighted by atomic mass is 35.5. The number of hydrogen-bond donors (Lipinski definition) is 1. The molecule has 0 saturated heterocycles. The van der Waals surface area contributed by atoms with E-state index in [1.807, 2.05) is 20.0 Å². The summed E-state index contributed by atoms with van der Waals surface area (Å²) in [5.41, 5.74) is 1.01. The fourth-order valence-electron chi connectivity index (χ4n) is 2.07. The largest absolute Gasteiger partial charge is 0.306 e. The Morgan fingerprint density at radius 3 is 2.65 bits per heavy atom. The molecule has 0 bridgehead atoms. The number of aromatic nitrogens is 2. The summed E-state index contributed by atoms with van der Waals surface area (Å²) in [5.74, 6) is -1.17. The molecular weight excluding hydrogens is 284 g/mol. The molecule has 1 heterocycles. The van der Waals surface area contributed by atoms with Gasteiger partial charge in [0, 0.05) is 23.9 Å². The lowest BCUT2D eigenvalue weighted by molar-refractivity contribution is 0.544. The van der Waals surface area contributed by atoms with Gasteiger partial charge in [-0.15, -0.1) is 0 Å². The van der Waals surface area contributed by atoms with Crippen molar-refractivity contribution in [3.05, 3.63) is 52.3 Å². The Bertz CT molecular complexity index is 598. The standard InChI is InChI=1S/C14H16ClF2N3/c1-3-18-14(9-7-19-20(4-2)8-9)10-5-13(17)11(15)6-12(10)16/h5-8,14,18H,3-4H2,1-2H3. The van der Waals surface area contributed by atoms with E-state index in [-0.39, 0.29) is 10.6 Å². The summed E-state index contributed by atoms with van der Waals surface area (Å²) >= 11 is 5.59. The number of benzene rings is 1.